The predicted molar refractivity (Wildman–Crippen MR) is 36.2 cm³/mol. The molecule has 1 aliphatic rings. The van der Waals surface area contributed by atoms with Gasteiger partial charge in [0, 0.05) is 0 Å². The van der Waals surface area contributed by atoms with Gasteiger partial charge in [-0.15, -0.1) is 24.6 Å². The quantitative estimate of drug-likeness (QED) is 0.197. The van der Waals surface area contributed by atoms with Crippen LogP contribution in [0.5, 0.6) is 0 Å². The first kappa shape index (κ1) is 5.73. The van der Waals surface area contributed by atoms with Crippen molar-refractivity contribution < 1.29 is 5.41 Å². The molecule has 0 spiro atoms. The molecule has 0 aromatic rings. The van der Waals surface area contributed by atoms with E-state index in [2.05, 4.69) is 5.73 Å². The molecule has 4 N–H and O–H groups in total. The van der Waals surface area contributed by atoms with Crippen molar-refractivity contribution in [1.82, 2.24) is 0 Å². The maximum Gasteiger partial charge on any atom is 0.189 e. The van der Waals surface area contributed by atoms with Crippen molar-refractivity contribution in [2.24, 2.45) is 5.73 Å². The van der Waals surface area contributed by atoms with E-state index in [1.165, 1.54) is 0 Å². The highest BCUT2D eigenvalue weighted by Crippen LogP contribution is 2.01. The van der Waals surface area contributed by atoms with Crippen LogP contribution in [0.4, 0.5) is 0 Å². The zero-order valence-corrected chi connectivity index (χ0v) is 4.96. The summed E-state index contributed by atoms with van der Waals surface area (Å²) >= 11 is 0. The molecule has 0 fully saturated rings. The molecule has 0 aromatic carbocycles. The Morgan fingerprint density at radius 2 is 2.56 bits per heavy atom. The third kappa shape index (κ3) is 1.24. The summed E-state index contributed by atoms with van der Waals surface area (Å²) in [6, 6.07) is 0. The minimum absolute atomic E-state index is 0.351. The van der Waals surface area contributed by atoms with E-state index in [0.717, 1.165) is 5.57 Å². The van der Waals surface area contributed by atoms with Crippen LogP contribution < -0.4 is 11.1 Å². The molecule has 0 aliphatic heterocycles. The van der Waals surface area contributed by atoms with E-state index >= 15 is 0 Å². The van der Waals surface area contributed by atoms with Gasteiger partial charge in [0.25, 0.3) is 0 Å². The summed E-state index contributed by atoms with van der Waals surface area (Å²) in [7, 11) is 0. The Morgan fingerprint density at radius 3 is 2.89 bits per heavy atom. The Morgan fingerprint density at radius 1 is 1.78 bits per heavy atom. The molecule has 0 radical (unpaired) electrons. The first-order valence-corrected chi connectivity index (χ1v) is 2.65. The van der Waals surface area contributed by atoms with E-state index in [1.807, 2.05) is 12.5 Å². The molecular weight excluding hydrogens is 112 g/mol. The van der Waals surface area contributed by atoms with Crippen molar-refractivity contribution in [1.29, 1.82) is 0 Å². The van der Waals surface area contributed by atoms with E-state index in [1.54, 1.807) is 12.2 Å². The Kier molecular flexibility index (Phi) is 1.43. The van der Waals surface area contributed by atoms with Crippen molar-refractivity contribution in [2.45, 2.75) is 0 Å². The standard InChI is InChI=1S/C7H7N2/c8-7(9)6-4-2-1-3-5-6/h2-5H,(H3,8,9)/q-1/p+1. The highest BCUT2D eigenvalue weighted by molar-refractivity contribution is 5.95. The van der Waals surface area contributed by atoms with E-state index < -0.39 is 0 Å². The van der Waals surface area contributed by atoms with Crippen molar-refractivity contribution >= 4 is 5.84 Å². The fourth-order valence-electron chi connectivity index (χ4n) is 0.579. The fourth-order valence-corrected chi connectivity index (χ4v) is 0.579. The first-order valence-electron chi connectivity index (χ1n) is 2.65. The van der Waals surface area contributed by atoms with Gasteiger partial charge >= 0.3 is 0 Å². The SMILES string of the molecule is NC(=[NH2+])C1=CC=C=C[CH-]1. The van der Waals surface area contributed by atoms with Gasteiger partial charge in [0.15, 0.2) is 5.84 Å². The Hall–Kier alpha value is -1.40. The number of allylic oxidation sites excluding steroid dienone is 2. The van der Waals surface area contributed by atoms with Crippen LogP contribution in [0.15, 0.2) is 29.5 Å². The smallest absolute Gasteiger partial charge is 0.189 e. The minimum Gasteiger partial charge on any atom is -0.326 e. The predicted octanol–water partition coefficient (Wildman–Crippen LogP) is -1.04. The molecule has 0 heterocycles. The molecule has 0 amide bonds. The highest BCUT2D eigenvalue weighted by atomic mass is 14.7. The first-order chi connectivity index (χ1) is 4.30. The van der Waals surface area contributed by atoms with Crippen LogP contribution in [0.25, 0.3) is 0 Å². The molecule has 0 bridgehead atoms. The lowest BCUT2D eigenvalue weighted by Crippen LogP contribution is -2.46. The largest absolute Gasteiger partial charge is 0.326 e. The van der Waals surface area contributed by atoms with Crippen molar-refractivity contribution in [3.8, 4) is 0 Å². The molecule has 9 heavy (non-hydrogen) atoms. The third-order valence-corrected chi connectivity index (χ3v) is 1.05. The molecule has 46 valence electrons. The molecule has 0 atom stereocenters. The highest BCUT2D eigenvalue weighted by Gasteiger charge is 1.93. The van der Waals surface area contributed by atoms with Gasteiger partial charge in [-0.25, -0.2) is 5.73 Å². The van der Waals surface area contributed by atoms with E-state index in [9.17, 15) is 0 Å². The second kappa shape index (κ2) is 2.25. The molecule has 1 rings (SSSR count). The third-order valence-electron chi connectivity index (χ3n) is 1.05. The van der Waals surface area contributed by atoms with E-state index in [4.69, 9.17) is 11.1 Å². The normalized spacial score (nSPS) is 14.4. The average molecular weight is 120 g/mol. The van der Waals surface area contributed by atoms with Gasteiger partial charge < -0.3 is 11.1 Å². The van der Waals surface area contributed by atoms with Gasteiger partial charge in [-0.1, -0.05) is 5.57 Å². The summed E-state index contributed by atoms with van der Waals surface area (Å²) in [6.07, 6.45) is 7.18. The van der Waals surface area contributed by atoms with Crippen LogP contribution >= 0.6 is 0 Å². The second-order valence-corrected chi connectivity index (χ2v) is 1.74. The minimum atomic E-state index is 0.351. The van der Waals surface area contributed by atoms with Gasteiger partial charge in [-0.3, -0.25) is 0 Å². The van der Waals surface area contributed by atoms with Crippen molar-refractivity contribution in [3.63, 3.8) is 0 Å². The van der Waals surface area contributed by atoms with Gasteiger partial charge in [0.1, 0.15) is 0 Å². The summed E-state index contributed by atoms with van der Waals surface area (Å²) in [5.41, 5.74) is 9.01. The molecule has 0 saturated carbocycles. The maximum absolute atomic E-state index is 5.29. The Bertz CT molecular complexity index is 217. The molecule has 0 unspecified atom stereocenters. The Labute approximate surface area is 53.9 Å². The van der Waals surface area contributed by atoms with Crippen LogP contribution in [0, 0.1) is 6.42 Å². The molecular formula is C7H8N2. The van der Waals surface area contributed by atoms with E-state index in [-0.39, 0.29) is 0 Å². The van der Waals surface area contributed by atoms with Gasteiger partial charge in [0.05, 0.1) is 0 Å². The summed E-state index contributed by atoms with van der Waals surface area (Å²) < 4.78 is 0. The number of amidine groups is 1. The zero-order chi connectivity index (χ0) is 6.69. The second-order valence-electron chi connectivity index (χ2n) is 1.74. The van der Waals surface area contributed by atoms with Crippen LogP contribution in [0.3, 0.4) is 0 Å². The average Bonchev–Trinajstić information content (AvgIpc) is 1.90. The fraction of sp³-hybridized carbons (Fsp3) is 0. The van der Waals surface area contributed by atoms with Crippen LogP contribution in [0.1, 0.15) is 0 Å². The molecule has 0 aromatic heterocycles. The maximum atomic E-state index is 5.29. The molecule has 2 nitrogen and oxygen atoms in total. The lowest BCUT2D eigenvalue weighted by atomic mass is 10.1. The number of rotatable bonds is 1. The van der Waals surface area contributed by atoms with Crippen molar-refractivity contribution in [2.75, 3.05) is 0 Å². The molecule has 1 aliphatic carbocycles. The number of hydrogen-bond acceptors (Lipinski definition) is 0. The summed E-state index contributed by atoms with van der Waals surface area (Å²) in [5.74, 6) is 0.351. The number of hydrogen-bond donors (Lipinski definition) is 2. The van der Waals surface area contributed by atoms with Gasteiger partial charge in [-0.2, -0.15) is 0 Å². The van der Waals surface area contributed by atoms with Gasteiger partial charge in [0.2, 0.25) is 0 Å². The lowest BCUT2D eigenvalue weighted by molar-refractivity contribution is -0.114. The summed E-state index contributed by atoms with van der Waals surface area (Å²) in [5, 5.41) is 5.29. The van der Waals surface area contributed by atoms with Crippen molar-refractivity contribution in [3.05, 3.63) is 36.0 Å². The molecule has 2 heteroatoms. The van der Waals surface area contributed by atoms with Crippen LogP contribution in [0.2, 0.25) is 0 Å². The summed E-state index contributed by atoms with van der Waals surface area (Å²) in [6.45, 7) is 0. The molecule has 0 saturated heterocycles. The van der Waals surface area contributed by atoms with E-state index in [0.29, 0.717) is 5.84 Å². The van der Waals surface area contributed by atoms with Gasteiger partial charge in [-0.05, 0) is 0 Å². The summed E-state index contributed by atoms with van der Waals surface area (Å²) in [4.78, 5) is 0. The Balaban J connectivity index is 2.78. The van der Waals surface area contributed by atoms with Crippen LogP contribution in [-0.2, 0) is 0 Å². The monoisotopic (exact) mass is 120 g/mol. The van der Waals surface area contributed by atoms with Crippen LogP contribution in [-0.4, -0.2) is 5.84 Å². The zero-order valence-electron chi connectivity index (χ0n) is 4.96. The number of nitrogens with two attached hydrogens (primary N) is 2. The lowest BCUT2D eigenvalue weighted by Gasteiger charge is -2.05. The topological polar surface area (TPSA) is 51.6 Å².